The zero-order valence-corrected chi connectivity index (χ0v) is 23.1. The SMILES string of the molecule is C=O.CC(C)(C)c1ccc(O)c(O)c1.CC(C)(C)c1ccc(O)cc1.Oc1ccc(-c2ccccc2)cc1. The average Bonchev–Trinajstić information content (AvgIpc) is 2.88. The Morgan fingerprint density at radius 1 is 0.474 bits per heavy atom. The summed E-state index contributed by atoms with van der Waals surface area (Å²) in [5.74, 6) is 0.517. The molecule has 0 heterocycles. The summed E-state index contributed by atoms with van der Waals surface area (Å²) in [4.78, 5) is 8.00. The Morgan fingerprint density at radius 3 is 1.29 bits per heavy atom. The van der Waals surface area contributed by atoms with Crippen LogP contribution < -0.4 is 0 Å². The minimum Gasteiger partial charge on any atom is -0.508 e. The summed E-state index contributed by atoms with van der Waals surface area (Å²) in [6.45, 7) is 14.6. The molecule has 0 aliphatic heterocycles. The molecule has 0 aliphatic carbocycles. The molecule has 0 radical (unpaired) electrons. The number of aromatic hydroxyl groups is 4. The number of hydrogen-bond acceptors (Lipinski definition) is 5. The Bertz CT molecular complexity index is 1220. The number of phenols is 4. The average molecular weight is 517 g/mol. The zero-order valence-electron chi connectivity index (χ0n) is 23.1. The third kappa shape index (κ3) is 10.8. The highest BCUT2D eigenvalue weighted by molar-refractivity contribution is 5.63. The standard InChI is InChI=1S/C12H10O.C10H14O2.C10H14O.CH2O/c13-12-8-6-11(7-9-12)10-4-2-1-3-5-10;1-10(2,3)7-4-5-8(11)9(12)6-7;1-10(2,3)8-4-6-9(11)7-5-8;1-2/h1-9,13H;4-6,11-12H,1-3H3;4-7,11H,1-3H3;1H2. The topological polar surface area (TPSA) is 98.0 Å². The summed E-state index contributed by atoms with van der Waals surface area (Å²) in [7, 11) is 0. The summed E-state index contributed by atoms with van der Waals surface area (Å²) in [6.07, 6.45) is 0. The van der Waals surface area contributed by atoms with E-state index in [1.54, 1.807) is 30.3 Å². The fourth-order valence-corrected chi connectivity index (χ4v) is 3.24. The Labute approximate surface area is 226 Å². The van der Waals surface area contributed by atoms with E-state index in [4.69, 9.17) is 20.1 Å². The van der Waals surface area contributed by atoms with Crippen LogP contribution in [0.1, 0.15) is 52.7 Å². The molecule has 0 aliphatic rings. The van der Waals surface area contributed by atoms with Crippen molar-refractivity contribution in [1.29, 1.82) is 0 Å². The van der Waals surface area contributed by atoms with Crippen LogP contribution in [0.15, 0.2) is 97.1 Å². The van der Waals surface area contributed by atoms with Crippen LogP contribution >= 0.6 is 0 Å². The van der Waals surface area contributed by atoms with Gasteiger partial charge in [-0.3, -0.25) is 0 Å². The van der Waals surface area contributed by atoms with Crippen molar-refractivity contribution < 1.29 is 25.2 Å². The molecule has 5 heteroatoms. The molecule has 5 nitrogen and oxygen atoms in total. The number of carbonyl (C=O) groups is 1. The first kappa shape index (κ1) is 31.8. The summed E-state index contributed by atoms with van der Waals surface area (Å²) in [5.41, 5.74) is 4.73. The fraction of sp³-hybridized carbons (Fsp3) is 0.242. The molecule has 0 bridgehead atoms. The second kappa shape index (κ2) is 14.5. The first-order valence-electron chi connectivity index (χ1n) is 12.2. The molecule has 202 valence electrons. The minimum atomic E-state index is -0.0667. The van der Waals surface area contributed by atoms with Crippen LogP contribution in [0.25, 0.3) is 11.1 Å². The normalized spacial score (nSPS) is 10.5. The Morgan fingerprint density at radius 2 is 0.868 bits per heavy atom. The molecule has 0 aromatic heterocycles. The largest absolute Gasteiger partial charge is 0.508 e. The Kier molecular flexibility index (Phi) is 12.1. The van der Waals surface area contributed by atoms with E-state index < -0.39 is 0 Å². The van der Waals surface area contributed by atoms with E-state index in [9.17, 15) is 5.11 Å². The number of carbonyl (C=O) groups excluding carboxylic acids is 1. The number of rotatable bonds is 1. The molecule has 4 N–H and O–H groups in total. The van der Waals surface area contributed by atoms with Crippen molar-refractivity contribution in [2.24, 2.45) is 0 Å². The molecule has 4 rings (SSSR count). The highest BCUT2D eigenvalue weighted by Crippen LogP contribution is 2.31. The van der Waals surface area contributed by atoms with Gasteiger partial charge in [-0.15, -0.1) is 0 Å². The quantitative estimate of drug-likeness (QED) is 0.192. The van der Waals surface area contributed by atoms with Crippen LogP contribution in [0.5, 0.6) is 23.0 Å². The van der Waals surface area contributed by atoms with Gasteiger partial charge < -0.3 is 25.2 Å². The summed E-state index contributed by atoms with van der Waals surface area (Å²) in [5, 5.41) is 36.4. The van der Waals surface area contributed by atoms with E-state index in [1.165, 1.54) is 17.2 Å². The third-order valence-corrected chi connectivity index (χ3v) is 5.55. The van der Waals surface area contributed by atoms with Gasteiger partial charge in [0.2, 0.25) is 0 Å². The van der Waals surface area contributed by atoms with Crippen molar-refractivity contribution in [2.75, 3.05) is 0 Å². The molecule has 4 aromatic rings. The van der Waals surface area contributed by atoms with E-state index in [1.807, 2.05) is 67.5 Å². The lowest BCUT2D eigenvalue weighted by molar-refractivity contribution is -0.0980. The first-order valence-corrected chi connectivity index (χ1v) is 12.2. The van der Waals surface area contributed by atoms with Crippen LogP contribution in [-0.4, -0.2) is 27.2 Å². The summed E-state index contributed by atoms with van der Waals surface area (Å²) < 4.78 is 0. The molecule has 0 amide bonds. The van der Waals surface area contributed by atoms with Crippen LogP contribution in [0.3, 0.4) is 0 Å². The van der Waals surface area contributed by atoms with Crippen LogP contribution in [0.2, 0.25) is 0 Å². The molecule has 0 saturated heterocycles. The smallest absolute Gasteiger partial charge is 0.157 e. The van der Waals surface area contributed by atoms with Gasteiger partial charge >= 0.3 is 0 Å². The van der Waals surface area contributed by atoms with Crippen LogP contribution in [0, 0.1) is 0 Å². The highest BCUT2D eigenvalue weighted by atomic mass is 16.3. The summed E-state index contributed by atoms with van der Waals surface area (Å²) in [6, 6.07) is 29.6. The molecular weight excluding hydrogens is 476 g/mol. The highest BCUT2D eigenvalue weighted by Gasteiger charge is 2.15. The van der Waals surface area contributed by atoms with Gasteiger partial charge in [0.1, 0.15) is 18.3 Å². The van der Waals surface area contributed by atoms with Gasteiger partial charge in [-0.05, 0) is 69.5 Å². The van der Waals surface area contributed by atoms with E-state index >= 15 is 0 Å². The molecule has 0 atom stereocenters. The number of hydrogen-bond donors (Lipinski definition) is 4. The van der Waals surface area contributed by atoms with Crippen molar-refractivity contribution in [3.05, 3.63) is 108 Å². The lowest BCUT2D eigenvalue weighted by atomic mass is 9.87. The van der Waals surface area contributed by atoms with Gasteiger partial charge in [0.05, 0.1) is 0 Å². The predicted octanol–water partition coefficient (Wildman–Crippen LogP) is 7.96. The van der Waals surface area contributed by atoms with E-state index in [0.717, 1.165) is 11.1 Å². The van der Waals surface area contributed by atoms with Crippen molar-refractivity contribution in [2.45, 2.75) is 52.4 Å². The number of phenolic OH excluding ortho intramolecular Hbond substituents is 4. The van der Waals surface area contributed by atoms with E-state index in [2.05, 4.69) is 41.5 Å². The molecule has 0 unspecified atom stereocenters. The van der Waals surface area contributed by atoms with Gasteiger partial charge in [0, 0.05) is 0 Å². The Balaban J connectivity index is 0.000000277. The molecule has 4 aromatic carbocycles. The first-order chi connectivity index (χ1) is 17.8. The monoisotopic (exact) mass is 516 g/mol. The van der Waals surface area contributed by atoms with Crippen molar-refractivity contribution in [1.82, 2.24) is 0 Å². The van der Waals surface area contributed by atoms with Gasteiger partial charge in [0.25, 0.3) is 0 Å². The maximum Gasteiger partial charge on any atom is 0.157 e. The maximum atomic E-state index is 9.21. The molecule has 0 saturated carbocycles. The molecule has 38 heavy (non-hydrogen) atoms. The number of benzene rings is 4. The fourth-order valence-electron chi connectivity index (χ4n) is 3.24. The summed E-state index contributed by atoms with van der Waals surface area (Å²) >= 11 is 0. The lowest BCUT2D eigenvalue weighted by Crippen LogP contribution is -2.10. The van der Waals surface area contributed by atoms with Gasteiger partial charge in [-0.1, -0.05) is 102 Å². The van der Waals surface area contributed by atoms with Crippen molar-refractivity contribution in [3.63, 3.8) is 0 Å². The molecule has 0 fully saturated rings. The molecular formula is C33H40O5. The van der Waals surface area contributed by atoms with E-state index in [-0.39, 0.29) is 22.3 Å². The second-order valence-electron chi connectivity index (χ2n) is 10.7. The maximum absolute atomic E-state index is 9.21. The van der Waals surface area contributed by atoms with Crippen molar-refractivity contribution >= 4 is 6.79 Å². The minimum absolute atomic E-state index is 0.00514. The second-order valence-corrected chi connectivity index (χ2v) is 10.7. The van der Waals surface area contributed by atoms with Gasteiger partial charge in [-0.25, -0.2) is 0 Å². The van der Waals surface area contributed by atoms with Crippen LogP contribution in [-0.2, 0) is 15.6 Å². The lowest BCUT2D eigenvalue weighted by Gasteiger charge is -2.19. The van der Waals surface area contributed by atoms with E-state index in [0.29, 0.717) is 11.5 Å². The third-order valence-electron chi connectivity index (χ3n) is 5.55. The van der Waals surface area contributed by atoms with Gasteiger partial charge in [0.15, 0.2) is 11.5 Å². The zero-order chi connectivity index (χ0) is 28.9. The predicted molar refractivity (Wildman–Crippen MR) is 156 cm³/mol. The van der Waals surface area contributed by atoms with Crippen molar-refractivity contribution in [3.8, 4) is 34.1 Å². The van der Waals surface area contributed by atoms with Crippen LogP contribution in [0.4, 0.5) is 0 Å². The molecule has 0 spiro atoms. The Hall–Kier alpha value is -4.25. The van der Waals surface area contributed by atoms with Gasteiger partial charge in [-0.2, -0.15) is 0 Å².